The summed E-state index contributed by atoms with van der Waals surface area (Å²) in [5.41, 5.74) is 2.09. The van der Waals surface area contributed by atoms with Gasteiger partial charge in [0.2, 0.25) is 0 Å². The molecule has 0 spiro atoms. The molecule has 1 atom stereocenters. The molecule has 16 heavy (non-hydrogen) atoms. The summed E-state index contributed by atoms with van der Waals surface area (Å²) in [6.07, 6.45) is 0.915. The highest BCUT2D eigenvalue weighted by Crippen LogP contribution is 2.26. The lowest BCUT2D eigenvalue weighted by Gasteiger charge is -2.21. The van der Waals surface area contributed by atoms with Crippen molar-refractivity contribution in [3.8, 4) is 0 Å². The van der Waals surface area contributed by atoms with Gasteiger partial charge in [0.1, 0.15) is 0 Å². The number of hydrogen-bond acceptors (Lipinski definition) is 3. The van der Waals surface area contributed by atoms with Crippen LogP contribution in [0.4, 0.5) is 0 Å². The van der Waals surface area contributed by atoms with Crippen LogP contribution in [-0.2, 0) is 6.54 Å². The normalized spacial score (nSPS) is 24.9. The lowest BCUT2D eigenvalue weighted by molar-refractivity contribution is 0.0675. The second-order valence-corrected chi connectivity index (χ2v) is 5.72. The third-order valence-corrected chi connectivity index (χ3v) is 4.22. The van der Waals surface area contributed by atoms with Crippen molar-refractivity contribution >= 4 is 11.8 Å². The maximum absolute atomic E-state index is 10.1. The maximum atomic E-state index is 10.1. The molecule has 0 aliphatic carbocycles. The molecule has 0 radical (unpaired) electrons. The van der Waals surface area contributed by atoms with Gasteiger partial charge in [-0.25, -0.2) is 0 Å². The first-order valence-corrected chi connectivity index (χ1v) is 6.90. The van der Waals surface area contributed by atoms with Gasteiger partial charge in [0, 0.05) is 18.8 Å². The Morgan fingerprint density at radius 2 is 2.12 bits per heavy atom. The van der Waals surface area contributed by atoms with E-state index in [1.807, 2.05) is 11.8 Å². The van der Waals surface area contributed by atoms with Crippen molar-refractivity contribution in [1.82, 2.24) is 5.32 Å². The molecular weight excluding hydrogens is 218 g/mol. The SMILES string of the molecule is Cc1ccc(CNCC2(O)CCSC2)cc1. The van der Waals surface area contributed by atoms with Gasteiger partial charge in [-0.2, -0.15) is 11.8 Å². The molecule has 1 aromatic carbocycles. The van der Waals surface area contributed by atoms with Crippen molar-refractivity contribution in [2.75, 3.05) is 18.1 Å². The molecule has 1 aromatic rings. The highest BCUT2D eigenvalue weighted by atomic mass is 32.2. The number of aliphatic hydroxyl groups is 1. The summed E-state index contributed by atoms with van der Waals surface area (Å²) in [6, 6.07) is 8.51. The van der Waals surface area contributed by atoms with Crippen LogP contribution in [-0.4, -0.2) is 28.8 Å². The Kier molecular flexibility index (Phi) is 3.90. The molecule has 88 valence electrons. The van der Waals surface area contributed by atoms with Crippen LogP contribution in [0.25, 0.3) is 0 Å². The zero-order valence-corrected chi connectivity index (χ0v) is 10.5. The van der Waals surface area contributed by atoms with Crippen LogP contribution in [0.5, 0.6) is 0 Å². The fourth-order valence-corrected chi connectivity index (χ4v) is 3.18. The molecule has 0 amide bonds. The van der Waals surface area contributed by atoms with Gasteiger partial charge >= 0.3 is 0 Å². The topological polar surface area (TPSA) is 32.3 Å². The van der Waals surface area contributed by atoms with E-state index in [1.54, 1.807) is 0 Å². The molecule has 1 aliphatic rings. The predicted octanol–water partition coefficient (Wildman–Crippen LogP) is 1.95. The summed E-state index contributed by atoms with van der Waals surface area (Å²) in [7, 11) is 0. The zero-order valence-electron chi connectivity index (χ0n) is 9.70. The predicted molar refractivity (Wildman–Crippen MR) is 69.8 cm³/mol. The van der Waals surface area contributed by atoms with Crippen molar-refractivity contribution in [1.29, 1.82) is 0 Å². The Labute approximate surface area is 101 Å². The first kappa shape index (κ1) is 12.0. The minimum absolute atomic E-state index is 0.477. The smallest absolute Gasteiger partial charge is 0.0869 e. The Hall–Kier alpha value is -0.510. The van der Waals surface area contributed by atoms with Crippen LogP contribution in [0, 0.1) is 6.92 Å². The Morgan fingerprint density at radius 1 is 1.38 bits per heavy atom. The van der Waals surface area contributed by atoms with Crippen molar-refractivity contribution in [3.05, 3.63) is 35.4 Å². The van der Waals surface area contributed by atoms with Gasteiger partial charge in [-0.1, -0.05) is 29.8 Å². The van der Waals surface area contributed by atoms with E-state index < -0.39 is 5.60 Å². The van der Waals surface area contributed by atoms with Crippen LogP contribution in [0.3, 0.4) is 0 Å². The van der Waals surface area contributed by atoms with E-state index in [9.17, 15) is 5.11 Å². The molecule has 2 nitrogen and oxygen atoms in total. The van der Waals surface area contributed by atoms with Gasteiger partial charge < -0.3 is 10.4 Å². The summed E-state index contributed by atoms with van der Waals surface area (Å²) in [5.74, 6) is 1.95. The molecule has 0 bridgehead atoms. The molecule has 2 N–H and O–H groups in total. The first-order valence-electron chi connectivity index (χ1n) is 5.74. The average molecular weight is 237 g/mol. The van der Waals surface area contributed by atoms with Gasteiger partial charge in [0.15, 0.2) is 0 Å². The molecule has 0 aromatic heterocycles. The third kappa shape index (κ3) is 3.24. The van der Waals surface area contributed by atoms with Gasteiger partial charge in [0.05, 0.1) is 5.60 Å². The van der Waals surface area contributed by atoms with Crippen LogP contribution in [0.15, 0.2) is 24.3 Å². The number of benzene rings is 1. The largest absolute Gasteiger partial charge is 0.388 e. The number of aryl methyl sites for hydroxylation is 1. The third-order valence-electron chi connectivity index (χ3n) is 2.99. The van der Waals surface area contributed by atoms with E-state index in [2.05, 4.69) is 36.5 Å². The Balaban J connectivity index is 1.77. The first-order chi connectivity index (χ1) is 7.68. The van der Waals surface area contributed by atoms with Crippen LogP contribution >= 0.6 is 11.8 Å². The maximum Gasteiger partial charge on any atom is 0.0869 e. The quantitative estimate of drug-likeness (QED) is 0.839. The highest BCUT2D eigenvalue weighted by Gasteiger charge is 2.30. The van der Waals surface area contributed by atoms with Crippen LogP contribution < -0.4 is 5.32 Å². The van der Waals surface area contributed by atoms with Crippen molar-refractivity contribution < 1.29 is 5.11 Å². The number of rotatable bonds is 4. The second-order valence-electron chi connectivity index (χ2n) is 4.62. The summed E-state index contributed by atoms with van der Waals surface area (Å²) >= 11 is 1.84. The molecule has 1 fully saturated rings. The van der Waals surface area contributed by atoms with Gasteiger partial charge in [-0.3, -0.25) is 0 Å². The molecule has 1 saturated heterocycles. The van der Waals surface area contributed by atoms with Crippen LogP contribution in [0.1, 0.15) is 17.5 Å². The van der Waals surface area contributed by atoms with Crippen molar-refractivity contribution in [2.24, 2.45) is 0 Å². The minimum atomic E-state index is -0.477. The van der Waals surface area contributed by atoms with E-state index in [-0.39, 0.29) is 0 Å². The monoisotopic (exact) mass is 237 g/mol. The number of hydrogen-bond donors (Lipinski definition) is 2. The average Bonchev–Trinajstić information content (AvgIpc) is 2.69. The summed E-state index contributed by atoms with van der Waals surface area (Å²) in [5, 5.41) is 13.5. The fourth-order valence-electron chi connectivity index (χ4n) is 1.88. The lowest BCUT2D eigenvalue weighted by Crippen LogP contribution is -2.40. The number of nitrogens with one attached hydrogen (secondary N) is 1. The molecule has 1 unspecified atom stereocenters. The molecular formula is C13H19NOS. The van der Waals surface area contributed by atoms with Gasteiger partial charge in [-0.05, 0) is 24.7 Å². The zero-order chi connectivity index (χ0) is 11.4. The van der Waals surface area contributed by atoms with E-state index in [4.69, 9.17) is 0 Å². The molecule has 1 heterocycles. The molecule has 0 saturated carbocycles. The summed E-state index contributed by atoms with van der Waals surface area (Å²) < 4.78 is 0. The second kappa shape index (κ2) is 5.21. The summed E-state index contributed by atoms with van der Waals surface area (Å²) in [6.45, 7) is 3.64. The van der Waals surface area contributed by atoms with Crippen molar-refractivity contribution in [3.63, 3.8) is 0 Å². The Morgan fingerprint density at radius 3 is 2.75 bits per heavy atom. The van der Waals surface area contributed by atoms with E-state index in [0.29, 0.717) is 6.54 Å². The summed E-state index contributed by atoms with van der Waals surface area (Å²) in [4.78, 5) is 0. The Bertz CT molecular complexity index is 330. The van der Waals surface area contributed by atoms with Gasteiger partial charge in [-0.15, -0.1) is 0 Å². The fraction of sp³-hybridized carbons (Fsp3) is 0.538. The minimum Gasteiger partial charge on any atom is -0.388 e. The van der Waals surface area contributed by atoms with E-state index in [1.165, 1.54) is 11.1 Å². The van der Waals surface area contributed by atoms with E-state index >= 15 is 0 Å². The van der Waals surface area contributed by atoms with Crippen LogP contribution in [0.2, 0.25) is 0 Å². The van der Waals surface area contributed by atoms with E-state index in [0.717, 1.165) is 24.5 Å². The van der Waals surface area contributed by atoms with Crippen molar-refractivity contribution in [2.45, 2.75) is 25.5 Å². The highest BCUT2D eigenvalue weighted by molar-refractivity contribution is 7.99. The number of thioether (sulfide) groups is 1. The molecule has 1 aliphatic heterocycles. The molecule has 2 rings (SSSR count). The van der Waals surface area contributed by atoms with Gasteiger partial charge in [0.25, 0.3) is 0 Å². The molecule has 3 heteroatoms. The lowest BCUT2D eigenvalue weighted by atomic mass is 10.0. The standard InChI is InChI=1S/C13H19NOS/c1-11-2-4-12(5-3-11)8-14-9-13(15)6-7-16-10-13/h2-5,14-15H,6-10H2,1H3.